The van der Waals surface area contributed by atoms with Crippen LogP contribution < -0.4 is 16.2 Å². The molecule has 1 aromatic carbocycles. The van der Waals surface area contributed by atoms with Crippen LogP contribution in [0, 0.1) is 0 Å². The summed E-state index contributed by atoms with van der Waals surface area (Å²) < 4.78 is 48.6. The molecule has 3 rings (SSSR count). The summed E-state index contributed by atoms with van der Waals surface area (Å²) in [5, 5.41) is 6.99. The van der Waals surface area contributed by atoms with E-state index in [1.165, 1.54) is 13.2 Å². The summed E-state index contributed by atoms with van der Waals surface area (Å²) in [6.07, 6.45) is -4.70. The lowest BCUT2D eigenvalue weighted by atomic mass is 10.1. The summed E-state index contributed by atoms with van der Waals surface area (Å²) in [6, 6.07) is 6.20. The standard InChI is InChI=1S/C14H11F3N4O3S/c1-23-8-2-3-9-7(4-11(22)24-10(9)5-8)6-25-13-20-19-12(21(13)18)14(15,16)17/h2-5H,6,18H2,1H3. The highest BCUT2D eigenvalue weighted by molar-refractivity contribution is 7.98. The number of ether oxygens (including phenoxy) is 1. The van der Waals surface area contributed by atoms with E-state index in [9.17, 15) is 18.0 Å². The van der Waals surface area contributed by atoms with Crippen molar-refractivity contribution in [3.63, 3.8) is 0 Å². The Labute approximate surface area is 142 Å². The quantitative estimate of drug-likeness (QED) is 0.427. The normalized spacial score (nSPS) is 11.8. The van der Waals surface area contributed by atoms with Crippen LogP contribution in [0.5, 0.6) is 5.75 Å². The van der Waals surface area contributed by atoms with Gasteiger partial charge in [-0.1, -0.05) is 11.8 Å². The Kier molecular flexibility index (Phi) is 4.33. The van der Waals surface area contributed by atoms with Crippen molar-refractivity contribution < 1.29 is 22.3 Å². The average molecular weight is 372 g/mol. The van der Waals surface area contributed by atoms with E-state index in [4.69, 9.17) is 15.0 Å². The lowest BCUT2D eigenvalue weighted by Crippen LogP contribution is -2.21. The molecule has 0 bridgehead atoms. The molecule has 0 saturated carbocycles. The Bertz CT molecular complexity index is 984. The Morgan fingerprint density at radius 2 is 2.08 bits per heavy atom. The first-order valence-corrected chi connectivity index (χ1v) is 7.79. The average Bonchev–Trinajstić information content (AvgIpc) is 2.92. The number of nitrogens with two attached hydrogens (primary N) is 1. The number of hydrogen-bond acceptors (Lipinski definition) is 7. The van der Waals surface area contributed by atoms with E-state index in [1.54, 1.807) is 18.2 Å². The first-order chi connectivity index (χ1) is 11.8. The molecule has 0 radical (unpaired) electrons. The molecular weight excluding hydrogens is 361 g/mol. The smallest absolute Gasteiger partial charge is 0.453 e. The summed E-state index contributed by atoms with van der Waals surface area (Å²) in [7, 11) is 1.48. The Balaban J connectivity index is 1.91. The fraction of sp³-hybridized carbons (Fsp3) is 0.214. The Hall–Kier alpha value is -2.69. The SMILES string of the molecule is COc1ccc2c(CSc3nnc(C(F)(F)F)n3N)cc(=O)oc2c1. The van der Waals surface area contributed by atoms with Gasteiger partial charge in [0, 0.05) is 23.3 Å². The second-order valence-electron chi connectivity index (χ2n) is 4.92. The van der Waals surface area contributed by atoms with Crippen LogP contribution in [-0.4, -0.2) is 22.0 Å². The third kappa shape index (κ3) is 3.40. The number of thioether (sulfide) groups is 1. The van der Waals surface area contributed by atoms with Crippen LogP contribution in [0.1, 0.15) is 11.4 Å². The first kappa shape index (κ1) is 17.1. The summed E-state index contributed by atoms with van der Waals surface area (Å²) in [6.45, 7) is 0. The van der Waals surface area contributed by atoms with Gasteiger partial charge in [0.15, 0.2) is 0 Å². The lowest BCUT2D eigenvalue weighted by Gasteiger charge is -2.08. The third-order valence-electron chi connectivity index (χ3n) is 3.31. The van der Waals surface area contributed by atoms with Crippen molar-refractivity contribution in [2.24, 2.45) is 0 Å². The van der Waals surface area contributed by atoms with Crippen LogP contribution >= 0.6 is 11.8 Å². The van der Waals surface area contributed by atoms with Gasteiger partial charge >= 0.3 is 11.8 Å². The molecule has 25 heavy (non-hydrogen) atoms. The van der Waals surface area contributed by atoms with Gasteiger partial charge < -0.3 is 15.0 Å². The van der Waals surface area contributed by atoms with E-state index in [0.717, 1.165) is 11.8 Å². The molecule has 11 heteroatoms. The number of rotatable bonds is 4. The molecule has 2 heterocycles. The maximum atomic E-state index is 12.7. The van der Waals surface area contributed by atoms with Crippen LogP contribution in [0.25, 0.3) is 11.0 Å². The van der Waals surface area contributed by atoms with Crippen LogP contribution in [0.3, 0.4) is 0 Å². The van der Waals surface area contributed by atoms with Gasteiger partial charge in [0.05, 0.1) is 7.11 Å². The van der Waals surface area contributed by atoms with Gasteiger partial charge in [-0.3, -0.25) is 0 Å². The maximum Gasteiger partial charge on any atom is 0.453 e. The number of aromatic nitrogens is 3. The van der Waals surface area contributed by atoms with E-state index >= 15 is 0 Å². The largest absolute Gasteiger partial charge is 0.497 e. The van der Waals surface area contributed by atoms with Crippen molar-refractivity contribution >= 4 is 22.7 Å². The predicted molar refractivity (Wildman–Crippen MR) is 83.8 cm³/mol. The van der Waals surface area contributed by atoms with Crippen LogP contribution in [-0.2, 0) is 11.9 Å². The van der Waals surface area contributed by atoms with Crippen molar-refractivity contribution in [3.05, 3.63) is 46.1 Å². The molecule has 0 fully saturated rings. The first-order valence-electron chi connectivity index (χ1n) is 6.81. The molecule has 0 amide bonds. The third-order valence-corrected chi connectivity index (χ3v) is 4.30. The van der Waals surface area contributed by atoms with E-state index in [-0.39, 0.29) is 10.9 Å². The number of hydrogen-bond donors (Lipinski definition) is 1. The van der Waals surface area contributed by atoms with E-state index < -0.39 is 17.6 Å². The van der Waals surface area contributed by atoms with E-state index in [0.29, 0.717) is 27.0 Å². The molecule has 2 aromatic heterocycles. The number of nitrogen functional groups attached to an aromatic ring is 1. The molecule has 0 aliphatic rings. The maximum absolute atomic E-state index is 12.7. The van der Waals surface area contributed by atoms with Gasteiger partial charge in [0.1, 0.15) is 11.3 Å². The van der Waals surface area contributed by atoms with Gasteiger partial charge in [-0.05, 0) is 17.7 Å². The van der Waals surface area contributed by atoms with Gasteiger partial charge in [-0.15, -0.1) is 10.2 Å². The minimum absolute atomic E-state index is 0.123. The molecule has 0 atom stereocenters. The van der Waals surface area contributed by atoms with Crippen molar-refractivity contribution in [2.75, 3.05) is 13.0 Å². The molecule has 0 aliphatic heterocycles. The van der Waals surface area contributed by atoms with E-state index in [1.807, 2.05) is 0 Å². The molecule has 2 N–H and O–H groups in total. The predicted octanol–water partition coefficient (Wildman–Crippen LogP) is 2.42. The number of benzene rings is 1. The summed E-state index contributed by atoms with van der Waals surface area (Å²) >= 11 is 0.923. The second kappa shape index (κ2) is 6.31. The summed E-state index contributed by atoms with van der Waals surface area (Å²) in [5.41, 5.74) is 0.296. The molecule has 0 aliphatic carbocycles. The minimum atomic E-state index is -4.70. The Morgan fingerprint density at radius 3 is 2.72 bits per heavy atom. The molecule has 0 spiro atoms. The van der Waals surface area contributed by atoms with Gasteiger partial charge in [-0.2, -0.15) is 13.2 Å². The molecule has 0 saturated heterocycles. The van der Waals surface area contributed by atoms with Gasteiger partial charge in [-0.25, -0.2) is 9.47 Å². The fourth-order valence-corrected chi connectivity index (χ4v) is 3.02. The zero-order valence-electron chi connectivity index (χ0n) is 12.7. The van der Waals surface area contributed by atoms with Gasteiger partial charge in [0.25, 0.3) is 5.82 Å². The summed E-state index contributed by atoms with van der Waals surface area (Å²) in [5.74, 6) is 4.76. The van der Waals surface area contributed by atoms with Gasteiger partial charge in [0.2, 0.25) is 5.16 Å². The highest BCUT2D eigenvalue weighted by atomic mass is 32.2. The molecule has 132 valence electrons. The van der Waals surface area contributed by atoms with Crippen LogP contribution in [0.15, 0.2) is 38.6 Å². The number of halogens is 3. The molecule has 7 nitrogen and oxygen atoms in total. The highest BCUT2D eigenvalue weighted by Crippen LogP contribution is 2.31. The monoisotopic (exact) mass is 372 g/mol. The molecular formula is C14H11F3N4O3S. The Morgan fingerprint density at radius 1 is 1.32 bits per heavy atom. The minimum Gasteiger partial charge on any atom is -0.497 e. The lowest BCUT2D eigenvalue weighted by molar-refractivity contribution is -0.146. The van der Waals surface area contributed by atoms with Crippen molar-refractivity contribution in [1.29, 1.82) is 0 Å². The second-order valence-corrected chi connectivity index (χ2v) is 5.86. The highest BCUT2D eigenvalue weighted by Gasteiger charge is 2.38. The summed E-state index contributed by atoms with van der Waals surface area (Å²) in [4.78, 5) is 11.7. The van der Waals surface area contributed by atoms with Crippen LogP contribution in [0.4, 0.5) is 13.2 Å². The number of methoxy groups -OCH3 is 1. The number of fused-ring (bicyclic) bond motifs is 1. The van der Waals surface area contributed by atoms with Crippen LogP contribution in [0.2, 0.25) is 0 Å². The zero-order chi connectivity index (χ0) is 18.2. The fourth-order valence-electron chi connectivity index (χ4n) is 2.17. The molecule has 3 aromatic rings. The number of alkyl halides is 3. The van der Waals surface area contributed by atoms with Crippen molar-refractivity contribution in [2.45, 2.75) is 17.1 Å². The van der Waals surface area contributed by atoms with Crippen molar-refractivity contribution in [1.82, 2.24) is 14.9 Å². The van der Waals surface area contributed by atoms with E-state index in [2.05, 4.69) is 10.2 Å². The topological polar surface area (TPSA) is 96.2 Å². The number of nitrogens with zero attached hydrogens (tertiary/aromatic N) is 3. The molecule has 0 unspecified atom stereocenters. The zero-order valence-corrected chi connectivity index (χ0v) is 13.5. The van der Waals surface area contributed by atoms with Crippen molar-refractivity contribution in [3.8, 4) is 5.75 Å².